The molecule has 0 aliphatic carbocycles. The van der Waals surface area contributed by atoms with Gasteiger partial charge in [0.2, 0.25) is 0 Å². The van der Waals surface area contributed by atoms with Gasteiger partial charge in [-0.3, -0.25) is 0 Å². The first-order chi connectivity index (χ1) is 26.6. The van der Waals surface area contributed by atoms with Crippen molar-refractivity contribution in [3.05, 3.63) is 243 Å². The zero-order chi connectivity index (χ0) is 37.5. The second kappa shape index (κ2) is 19.8. The van der Waals surface area contributed by atoms with Crippen LogP contribution in [0.15, 0.2) is 243 Å². The molecule has 0 unspecified atom stereocenters. The van der Waals surface area contributed by atoms with Crippen molar-refractivity contribution in [1.82, 2.24) is 6.15 Å². The van der Waals surface area contributed by atoms with Gasteiger partial charge in [-0.15, -0.1) is 0 Å². The lowest BCUT2D eigenvalue weighted by molar-refractivity contribution is -0.836. The Hall–Kier alpha value is -6.19. The smallest absolute Gasteiger partial charge is 0.108 e. The maximum atomic E-state index is 2.26. The lowest BCUT2D eigenvalue weighted by Crippen LogP contribution is -3.02. The third-order valence-electron chi connectivity index (χ3n) is 10.4. The Balaban J connectivity index is 0.000000189. The van der Waals surface area contributed by atoms with Crippen LogP contribution in [-0.2, 0) is 0 Å². The molecule has 8 rings (SSSR count). The average molecular weight is 717 g/mol. The van der Waals surface area contributed by atoms with Crippen LogP contribution in [0.3, 0.4) is 0 Å². The molecule has 0 spiro atoms. The first-order valence-corrected chi connectivity index (χ1v) is 19.1. The molecule has 0 aromatic heterocycles. The van der Waals surface area contributed by atoms with E-state index in [2.05, 4.69) is 264 Å². The average Bonchev–Trinajstić information content (AvgIpc) is 3.25. The van der Waals surface area contributed by atoms with E-state index in [-0.39, 0.29) is 6.15 Å². The molecule has 8 aromatic carbocycles. The summed E-state index contributed by atoms with van der Waals surface area (Å²) in [6.45, 7) is 0. The molecule has 8 aromatic rings. The molecular weight excluding hydrogens is 662 g/mol. The largest absolute Gasteiger partial charge is 0.369 e. The third-order valence-corrected chi connectivity index (χ3v) is 10.4. The molecule has 55 heavy (non-hydrogen) atoms. The molecule has 5 N–H and O–H groups in total. The van der Waals surface area contributed by atoms with Crippen LogP contribution < -0.4 is 54.8 Å². The Bertz CT molecular complexity index is 1730. The van der Waals surface area contributed by atoms with E-state index in [0.29, 0.717) is 0 Å². The Morgan fingerprint density at radius 3 is 0.400 bits per heavy atom. The summed E-state index contributed by atoms with van der Waals surface area (Å²) in [7, 11) is 6.25. The van der Waals surface area contributed by atoms with Crippen LogP contribution in [0.4, 0.5) is 0 Å². The van der Waals surface area contributed by atoms with Crippen LogP contribution >= 0.6 is 0 Å². The lowest BCUT2D eigenvalue weighted by Gasteiger charge is -2.44. The minimum Gasteiger partial charge on any atom is -0.369 e. The fraction of sp³-hybridized carbons (Fsp3) is 0.0588. The van der Waals surface area contributed by atoms with Gasteiger partial charge < -0.3 is 11.1 Å². The molecule has 0 heterocycles. The summed E-state index contributed by atoms with van der Waals surface area (Å²) < 4.78 is 0. The molecule has 4 heteroatoms. The monoisotopic (exact) mass is 716 g/mol. The molecule has 2 nitrogen and oxygen atoms in total. The van der Waals surface area contributed by atoms with Crippen LogP contribution in [0.1, 0.15) is 0 Å². The van der Waals surface area contributed by atoms with E-state index >= 15 is 0 Å². The summed E-state index contributed by atoms with van der Waals surface area (Å²) in [6, 6.07) is 87.1. The molecule has 0 fully saturated rings. The Morgan fingerprint density at radius 1 is 0.218 bits per heavy atom. The van der Waals surface area contributed by atoms with Crippen LogP contribution in [0.2, 0.25) is 0 Å². The zero-order valence-corrected chi connectivity index (χ0v) is 32.7. The summed E-state index contributed by atoms with van der Waals surface area (Å²) in [5, 5.41) is 0. The van der Waals surface area contributed by atoms with Gasteiger partial charge in [0, 0.05) is 0 Å². The number of benzene rings is 8. The number of rotatable bonds is 8. The summed E-state index contributed by atoms with van der Waals surface area (Å²) in [6.07, 6.45) is -2.43. The third kappa shape index (κ3) is 8.96. The Morgan fingerprint density at radius 2 is 0.309 bits per heavy atom. The molecule has 0 aliphatic rings. The predicted octanol–water partition coefficient (Wildman–Crippen LogP) is 5.26. The van der Waals surface area contributed by atoms with E-state index in [0.717, 1.165) is 0 Å². The molecule has 0 radical (unpaired) electrons. The second-order valence-corrected chi connectivity index (χ2v) is 14.5. The van der Waals surface area contributed by atoms with Gasteiger partial charge in [-0.1, -0.05) is 243 Å². The highest BCUT2D eigenvalue weighted by atomic mass is 15.0. The van der Waals surface area contributed by atoms with E-state index in [4.69, 9.17) is 0 Å². The molecule has 0 aliphatic heterocycles. The van der Waals surface area contributed by atoms with Crippen molar-refractivity contribution in [2.45, 2.75) is 0 Å². The molecule has 0 saturated carbocycles. The van der Waals surface area contributed by atoms with Gasteiger partial charge in [-0.25, -0.2) is 0 Å². The quantitative estimate of drug-likeness (QED) is 0.202. The summed E-state index contributed by atoms with van der Waals surface area (Å²) in [5.74, 6) is 0. The van der Waals surface area contributed by atoms with Crippen LogP contribution in [0.5, 0.6) is 0 Å². The first-order valence-electron chi connectivity index (χ1n) is 19.1. The lowest BCUT2D eigenvalue weighted by atomic mass is 9.13. The number of hydrogen-bond donors (Lipinski definition) is 2. The topological polar surface area (TPSA) is 40.9 Å². The zero-order valence-electron chi connectivity index (χ0n) is 32.7. The van der Waals surface area contributed by atoms with Crippen molar-refractivity contribution >= 4 is 56.0 Å². The summed E-state index contributed by atoms with van der Waals surface area (Å²) >= 11 is 0. The Labute approximate surface area is 329 Å². The van der Waals surface area contributed by atoms with Crippen molar-refractivity contribution in [2.75, 3.05) is 21.1 Å². The van der Waals surface area contributed by atoms with Crippen molar-refractivity contribution in [3.8, 4) is 0 Å². The minimum atomic E-state index is -1.22. The predicted molar refractivity (Wildman–Crippen MR) is 245 cm³/mol. The van der Waals surface area contributed by atoms with E-state index < -0.39 is 12.3 Å². The SMILES string of the molecule is C[NH+](C)C.[NH4+].c1ccc([B-](c2ccccc2)(c2ccccc2)c2ccccc2)cc1.c1ccc([B-](c2ccccc2)(c2ccccc2)c2ccccc2)cc1. The standard InChI is InChI=1S/2C24H20B.C3H9N.H3N/c2*1-5-13-21(14-6-1)25(22-15-7-2-8-16-22,23-17-9-3-10-18-23)24-19-11-4-12-20-24;1-4(2)3;/h2*1-20H;1-3H3;1H3/q2*-1;;/p+2. The van der Waals surface area contributed by atoms with Crippen LogP contribution in [0.25, 0.3) is 0 Å². The van der Waals surface area contributed by atoms with Gasteiger partial charge in [0.05, 0.1) is 21.1 Å². The van der Waals surface area contributed by atoms with Gasteiger partial charge in [0.1, 0.15) is 12.3 Å². The minimum absolute atomic E-state index is 0. The number of hydrogen-bond acceptors (Lipinski definition) is 0. The fourth-order valence-corrected chi connectivity index (χ4v) is 8.24. The van der Waals surface area contributed by atoms with E-state index in [1.807, 2.05) is 0 Å². The maximum absolute atomic E-state index is 2.26. The Kier molecular flexibility index (Phi) is 14.4. The second-order valence-electron chi connectivity index (χ2n) is 14.5. The van der Waals surface area contributed by atoms with Gasteiger partial charge in [-0.2, -0.15) is 43.7 Å². The maximum Gasteiger partial charge on any atom is 0.108 e. The highest BCUT2D eigenvalue weighted by Gasteiger charge is 2.32. The van der Waals surface area contributed by atoms with Crippen molar-refractivity contribution in [1.29, 1.82) is 0 Å². The molecule has 0 saturated heterocycles. The van der Waals surface area contributed by atoms with Crippen LogP contribution in [0, 0.1) is 0 Å². The van der Waals surface area contributed by atoms with Gasteiger partial charge >= 0.3 is 0 Å². The number of quaternary nitrogens is 2. The first kappa shape index (κ1) is 40.0. The highest BCUT2D eigenvalue weighted by molar-refractivity contribution is 7.20. The highest BCUT2D eigenvalue weighted by Crippen LogP contribution is 2.11. The number of nitrogens with one attached hydrogen (secondary N) is 1. The molecular formula is C51H54B2N2. The van der Waals surface area contributed by atoms with Crippen LogP contribution in [-0.4, -0.2) is 33.4 Å². The molecule has 0 bridgehead atoms. The molecule has 0 atom stereocenters. The molecule has 274 valence electrons. The summed E-state index contributed by atoms with van der Waals surface area (Å²) in [5.41, 5.74) is 10.7. The molecule has 0 amide bonds. The fourth-order valence-electron chi connectivity index (χ4n) is 8.24. The normalized spacial score (nSPS) is 10.8. The summed E-state index contributed by atoms with van der Waals surface area (Å²) in [4.78, 5) is 1.42. The van der Waals surface area contributed by atoms with Crippen molar-refractivity contribution in [2.24, 2.45) is 0 Å². The van der Waals surface area contributed by atoms with E-state index in [9.17, 15) is 0 Å². The van der Waals surface area contributed by atoms with Gasteiger partial charge in [0.25, 0.3) is 0 Å². The van der Waals surface area contributed by atoms with Gasteiger partial charge in [0.15, 0.2) is 0 Å². The van der Waals surface area contributed by atoms with Gasteiger partial charge in [-0.05, 0) is 0 Å². The van der Waals surface area contributed by atoms with E-state index in [1.54, 1.807) is 0 Å². The van der Waals surface area contributed by atoms with Crippen molar-refractivity contribution in [3.63, 3.8) is 0 Å². The van der Waals surface area contributed by atoms with E-state index in [1.165, 1.54) is 48.6 Å². The van der Waals surface area contributed by atoms with Crippen molar-refractivity contribution < 1.29 is 4.90 Å².